The summed E-state index contributed by atoms with van der Waals surface area (Å²) < 4.78 is 0. The molecule has 1 heterocycles. The van der Waals surface area contributed by atoms with Crippen molar-refractivity contribution in [1.82, 2.24) is 9.88 Å². The van der Waals surface area contributed by atoms with Gasteiger partial charge in [0.2, 0.25) is 0 Å². The Morgan fingerprint density at radius 1 is 1.45 bits per heavy atom. The molecule has 0 radical (unpaired) electrons. The number of hydrogen-bond acceptors (Lipinski definition) is 3. The van der Waals surface area contributed by atoms with Gasteiger partial charge in [0.25, 0.3) is 5.91 Å². The zero-order chi connectivity index (χ0) is 14.4. The van der Waals surface area contributed by atoms with E-state index in [0.29, 0.717) is 11.3 Å². The van der Waals surface area contributed by atoms with Crippen LogP contribution in [-0.2, 0) is 0 Å². The molecule has 1 aliphatic rings. The molecule has 0 aromatic carbocycles. The van der Waals surface area contributed by atoms with Crippen LogP contribution in [0, 0.1) is 17.2 Å². The van der Waals surface area contributed by atoms with Gasteiger partial charge in [-0.3, -0.25) is 4.79 Å². The summed E-state index contributed by atoms with van der Waals surface area (Å²) in [5, 5.41) is 8.69. The first-order valence-corrected chi connectivity index (χ1v) is 7.32. The maximum atomic E-state index is 12.2. The van der Waals surface area contributed by atoms with Gasteiger partial charge in [-0.1, -0.05) is 25.7 Å². The minimum atomic E-state index is -0.0200. The number of nitrogens with zero attached hydrogens (tertiary/aromatic N) is 3. The molecule has 0 N–H and O–H groups in total. The molecule has 106 valence electrons. The van der Waals surface area contributed by atoms with Crippen molar-refractivity contribution in [3.05, 3.63) is 29.6 Å². The number of rotatable bonds is 5. The van der Waals surface area contributed by atoms with Gasteiger partial charge in [-0.05, 0) is 30.9 Å². The van der Waals surface area contributed by atoms with Crippen molar-refractivity contribution in [2.24, 2.45) is 5.92 Å². The molecule has 4 nitrogen and oxygen atoms in total. The SMILES string of the molecule is CN(CCCC1CCCC1)C(=O)c1ccc(C#N)nc1. The second kappa shape index (κ2) is 7.04. The number of nitriles is 1. The van der Waals surface area contributed by atoms with Crippen LogP contribution in [0.15, 0.2) is 18.3 Å². The number of carbonyl (C=O) groups is 1. The highest BCUT2D eigenvalue weighted by molar-refractivity contribution is 5.93. The first kappa shape index (κ1) is 14.5. The Kier molecular flexibility index (Phi) is 5.11. The molecule has 1 aromatic heterocycles. The predicted molar refractivity (Wildman–Crippen MR) is 77.1 cm³/mol. The Hall–Kier alpha value is -1.89. The van der Waals surface area contributed by atoms with Crippen LogP contribution in [0.3, 0.4) is 0 Å². The Morgan fingerprint density at radius 3 is 2.80 bits per heavy atom. The molecule has 0 atom stereocenters. The van der Waals surface area contributed by atoms with E-state index >= 15 is 0 Å². The second-order valence-electron chi connectivity index (χ2n) is 5.56. The van der Waals surface area contributed by atoms with Gasteiger partial charge >= 0.3 is 0 Å². The fourth-order valence-electron chi connectivity index (χ4n) is 2.82. The summed E-state index contributed by atoms with van der Waals surface area (Å²) in [6, 6.07) is 5.20. The maximum absolute atomic E-state index is 12.2. The van der Waals surface area contributed by atoms with E-state index in [1.807, 2.05) is 13.1 Å². The molecule has 2 rings (SSSR count). The first-order chi connectivity index (χ1) is 9.70. The van der Waals surface area contributed by atoms with Crippen LogP contribution in [0.2, 0.25) is 0 Å². The summed E-state index contributed by atoms with van der Waals surface area (Å²) in [4.78, 5) is 17.9. The lowest BCUT2D eigenvalue weighted by Gasteiger charge is -2.18. The summed E-state index contributed by atoms with van der Waals surface area (Å²) in [6.45, 7) is 0.787. The first-order valence-electron chi connectivity index (χ1n) is 7.32. The van der Waals surface area contributed by atoms with Gasteiger partial charge in [0.05, 0.1) is 5.56 Å². The van der Waals surface area contributed by atoms with E-state index < -0.39 is 0 Å². The quantitative estimate of drug-likeness (QED) is 0.827. The molecule has 4 heteroatoms. The van der Waals surface area contributed by atoms with E-state index in [1.165, 1.54) is 38.3 Å². The maximum Gasteiger partial charge on any atom is 0.255 e. The lowest BCUT2D eigenvalue weighted by molar-refractivity contribution is 0.0790. The minimum absolute atomic E-state index is 0.0200. The van der Waals surface area contributed by atoms with Crippen LogP contribution in [0.1, 0.15) is 54.6 Å². The third-order valence-electron chi connectivity index (χ3n) is 4.05. The van der Waals surface area contributed by atoms with Gasteiger partial charge in [0, 0.05) is 19.8 Å². The van der Waals surface area contributed by atoms with E-state index in [9.17, 15) is 4.79 Å². The summed E-state index contributed by atoms with van der Waals surface area (Å²) >= 11 is 0. The van der Waals surface area contributed by atoms with Crippen LogP contribution in [0.5, 0.6) is 0 Å². The Bertz CT molecular complexity index is 483. The molecule has 0 unspecified atom stereocenters. The normalized spacial score (nSPS) is 15.0. The third-order valence-corrected chi connectivity index (χ3v) is 4.05. The Morgan fingerprint density at radius 2 is 2.20 bits per heavy atom. The van der Waals surface area contributed by atoms with E-state index in [4.69, 9.17) is 5.26 Å². The lowest BCUT2D eigenvalue weighted by atomic mass is 10.0. The van der Waals surface area contributed by atoms with Crippen LogP contribution < -0.4 is 0 Å². The van der Waals surface area contributed by atoms with Crippen molar-refractivity contribution in [2.75, 3.05) is 13.6 Å². The smallest absolute Gasteiger partial charge is 0.255 e. The fraction of sp³-hybridized carbons (Fsp3) is 0.562. The molecule has 1 saturated carbocycles. The number of pyridine rings is 1. The van der Waals surface area contributed by atoms with Crippen molar-refractivity contribution in [3.63, 3.8) is 0 Å². The summed E-state index contributed by atoms with van der Waals surface area (Å²) in [7, 11) is 1.83. The molecule has 0 bridgehead atoms. The number of hydrogen-bond donors (Lipinski definition) is 0. The molecule has 1 aromatic rings. The van der Waals surface area contributed by atoms with E-state index in [-0.39, 0.29) is 5.91 Å². The van der Waals surface area contributed by atoms with E-state index in [1.54, 1.807) is 17.0 Å². The van der Waals surface area contributed by atoms with E-state index in [2.05, 4.69) is 4.98 Å². The lowest BCUT2D eigenvalue weighted by Crippen LogP contribution is -2.28. The number of aromatic nitrogens is 1. The summed E-state index contributed by atoms with van der Waals surface area (Å²) in [5.74, 6) is 0.850. The van der Waals surface area contributed by atoms with Crippen LogP contribution in [-0.4, -0.2) is 29.4 Å². The molecule has 1 aliphatic carbocycles. The number of amides is 1. The van der Waals surface area contributed by atoms with Crippen molar-refractivity contribution >= 4 is 5.91 Å². The zero-order valence-corrected chi connectivity index (χ0v) is 12.0. The van der Waals surface area contributed by atoms with Gasteiger partial charge in [-0.15, -0.1) is 0 Å². The van der Waals surface area contributed by atoms with Crippen molar-refractivity contribution in [1.29, 1.82) is 5.26 Å². The molecule has 0 saturated heterocycles. The molecule has 0 spiro atoms. The minimum Gasteiger partial charge on any atom is -0.342 e. The standard InChI is InChI=1S/C16H21N3O/c1-19(10-4-7-13-5-2-3-6-13)16(20)14-8-9-15(11-17)18-12-14/h8-9,12-13H,2-7,10H2,1H3. The highest BCUT2D eigenvalue weighted by Crippen LogP contribution is 2.28. The molecule has 1 amide bonds. The molecular weight excluding hydrogens is 250 g/mol. The highest BCUT2D eigenvalue weighted by atomic mass is 16.2. The average Bonchev–Trinajstić information content (AvgIpc) is 2.99. The molecule has 20 heavy (non-hydrogen) atoms. The van der Waals surface area contributed by atoms with Gasteiger partial charge in [-0.2, -0.15) is 5.26 Å². The van der Waals surface area contributed by atoms with Crippen LogP contribution >= 0.6 is 0 Å². The van der Waals surface area contributed by atoms with Crippen molar-refractivity contribution in [2.45, 2.75) is 38.5 Å². The fourth-order valence-corrected chi connectivity index (χ4v) is 2.82. The van der Waals surface area contributed by atoms with Gasteiger partial charge in [0.15, 0.2) is 0 Å². The summed E-state index contributed by atoms with van der Waals surface area (Å²) in [5.41, 5.74) is 0.887. The topological polar surface area (TPSA) is 57.0 Å². The van der Waals surface area contributed by atoms with Gasteiger partial charge in [-0.25, -0.2) is 4.98 Å². The Labute approximate surface area is 120 Å². The summed E-state index contributed by atoms with van der Waals surface area (Å²) in [6.07, 6.45) is 9.23. The van der Waals surface area contributed by atoms with Crippen molar-refractivity contribution < 1.29 is 4.79 Å². The third kappa shape index (κ3) is 3.80. The van der Waals surface area contributed by atoms with Crippen LogP contribution in [0.25, 0.3) is 0 Å². The van der Waals surface area contributed by atoms with E-state index in [0.717, 1.165) is 18.9 Å². The zero-order valence-electron chi connectivity index (χ0n) is 12.0. The van der Waals surface area contributed by atoms with Gasteiger partial charge in [0.1, 0.15) is 11.8 Å². The van der Waals surface area contributed by atoms with Gasteiger partial charge < -0.3 is 4.90 Å². The number of carbonyl (C=O) groups excluding carboxylic acids is 1. The monoisotopic (exact) mass is 271 g/mol. The van der Waals surface area contributed by atoms with Crippen LogP contribution in [0.4, 0.5) is 0 Å². The molecule has 1 fully saturated rings. The predicted octanol–water partition coefficient (Wildman–Crippen LogP) is 3.00. The second-order valence-corrected chi connectivity index (χ2v) is 5.56. The highest BCUT2D eigenvalue weighted by Gasteiger charge is 2.16. The largest absolute Gasteiger partial charge is 0.342 e. The average molecular weight is 271 g/mol. The van der Waals surface area contributed by atoms with Crippen molar-refractivity contribution in [3.8, 4) is 6.07 Å². The molecule has 0 aliphatic heterocycles. The molecular formula is C16H21N3O. The Balaban J connectivity index is 1.79.